The van der Waals surface area contributed by atoms with Crippen molar-refractivity contribution in [1.82, 2.24) is 4.98 Å². The maximum atomic E-state index is 12.7. The molecule has 1 aromatic heterocycles. The molecule has 2 nitrogen and oxygen atoms in total. The molecule has 12 heavy (non-hydrogen) atoms. The Kier molecular flexibility index (Phi) is 2.21. The predicted octanol–water partition coefficient (Wildman–Crippen LogP) is 1.76. The number of aromatic nitrogens is 1. The van der Waals surface area contributed by atoms with E-state index in [0.717, 1.165) is 6.20 Å². The Morgan fingerprint density at radius 2 is 2.08 bits per heavy atom. The van der Waals surface area contributed by atoms with Gasteiger partial charge in [-0.25, -0.2) is 13.2 Å². The number of rotatable bonds is 1. The van der Waals surface area contributed by atoms with Crippen LogP contribution in [0.4, 0.5) is 13.2 Å². The van der Waals surface area contributed by atoms with Crippen molar-refractivity contribution in [2.75, 3.05) is 0 Å². The van der Waals surface area contributed by atoms with Gasteiger partial charge in [0.25, 0.3) is 12.0 Å². The number of aromatic amines is 1. The second-order valence-corrected chi connectivity index (χ2v) is 2.33. The smallest absolute Gasteiger partial charge is 0.284 e. The van der Waals surface area contributed by atoms with Crippen LogP contribution in [0.15, 0.2) is 11.0 Å². The van der Waals surface area contributed by atoms with Crippen LogP contribution in [-0.4, -0.2) is 4.98 Å². The number of nitrogens with one attached hydrogen (secondary N) is 1. The lowest BCUT2D eigenvalue weighted by atomic mass is 10.1. The fraction of sp³-hybridized carbons (Fsp3) is 0.286. The van der Waals surface area contributed by atoms with Crippen molar-refractivity contribution in [1.29, 1.82) is 0 Å². The van der Waals surface area contributed by atoms with Crippen LogP contribution in [0.1, 0.15) is 17.6 Å². The third-order valence-corrected chi connectivity index (χ3v) is 1.50. The lowest BCUT2D eigenvalue weighted by Gasteiger charge is -2.03. The zero-order valence-corrected chi connectivity index (χ0v) is 6.20. The van der Waals surface area contributed by atoms with Crippen LogP contribution < -0.4 is 5.56 Å². The van der Waals surface area contributed by atoms with Gasteiger partial charge < -0.3 is 4.98 Å². The van der Waals surface area contributed by atoms with Gasteiger partial charge in [0.2, 0.25) is 0 Å². The molecule has 5 heteroatoms. The molecule has 0 unspecified atom stereocenters. The number of halogens is 3. The Morgan fingerprint density at radius 1 is 1.50 bits per heavy atom. The molecule has 0 aliphatic carbocycles. The maximum Gasteiger partial charge on any atom is 0.284 e. The molecule has 0 aromatic carbocycles. The third-order valence-electron chi connectivity index (χ3n) is 1.50. The summed E-state index contributed by atoms with van der Waals surface area (Å²) in [7, 11) is 0. The highest BCUT2D eigenvalue weighted by Crippen LogP contribution is 2.22. The van der Waals surface area contributed by atoms with E-state index in [1.807, 2.05) is 4.98 Å². The normalized spacial score (nSPS) is 10.8. The SMILES string of the molecule is Cc1c[nH]c(=O)c(F)c1C(F)F. The summed E-state index contributed by atoms with van der Waals surface area (Å²) in [6.45, 7) is 1.31. The van der Waals surface area contributed by atoms with Crippen molar-refractivity contribution in [2.24, 2.45) is 0 Å². The summed E-state index contributed by atoms with van der Waals surface area (Å²) in [5, 5.41) is 0. The van der Waals surface area contributed by atoms with Crippen molar-refractivity contribution in [2.45, 2.75) is 13.3 Å². The van der Waals surface area contributed by atoms with Crippen molar-refractivity contribution in [3.05, 3.63) is 33.5 Å². The number of H-pyrrole nitrogens is 1. The summed E-state index contributed by atoms with van der Waals surface area (Å²) in [4.78, 5) is 12.5. The predicted molar refractivity (Wildman–Crippen MR) is 36.7 cm³/mol. The average molecular weight is 177 g/mol. The van der Waals surface area contributed by atoms with Gasteiger partial charge in [-0.1, -0.05) is 0 Å². The molecule has 0 aliphatic heterocycles. The Hall–Kier alpha value is -1.26. The summed E-state index contributed by atoms with van der Waals surface area (Å²) >= 11 is 0. The van der Waals surface area contributed by atoms with Crippen molar-refractivity contribution in [3.8, 4) is 0 Å². The minimum atomic E-state index is -2.95. The van der Waals surface area contributed by atoms with Crippen LogP contribution >= 0.6 is 0 Å². The lowest BCUT2D eigenvalue weighted by molar-refractivity contribution is 0.145. The minimum Gasteiger partial charge on any atom is -0.326 e. The van der Waals surface area contributed by atoms with E-state index in [4.69, 9.17) is 0 Å². The monoisotopic (exact) mass is 177 g/mol. The van der Waals surface area contributed by atoms with Crippen molar-refractivity contribution in [3.63, 3.8) is 0 Å². The van der Waals surface area contributed by atoms with Crippen LogP contribution in [0.2, 0.25) is 0 Å². The molecule has 1 N–H and O–H groups in total. The second kappa shape index (κ2) is 3.00. The van der Waals surface area contributed by atoms with Gasteiger partial charge in [0.05, 0.1) is 5.56 Å². The molecule has 0 bridgehead atoms. The Balaban J connectivity index is 3.43. The zero-order chi connectivity index (χ0) is 9.30. The molecule has 0 radical (unpaired) electrons. The van der Waals surface area contributed by atoms with Gasteiger partial charge in [-0.3, -0.25) is 4.79 Å². The molecule has 1 heterocycles. The molecule has 0 fully saturated rings. The number of hydrogen-bond donors (Lipinski definition) is 1. The van der Waals surface area contributed by atoms with Gasteiger partial charge in [-0.2, -0.15) is 0 Å². The molecule has 0 aliphatic rings. The van der Waals surface area contributed by atoms with Crippen molar-refractivity contribution < 1.29 is 13.2 Å². The average Bonchev–Trinajstić information content (AvgIpc) is 1.97. The molecular weight excluding hydrogens is 171 g/mol. The number of pyridine rings is 1. The molecule has 1 aromatic rings. The van der Waals surface area contributed by atoms with Gasteiger partial charge in [-0.15, -0.1) is 0 Å². The maximum absolute atomic E-state index is 12.7. The fourth-order valence-corrected chi connectivity index (χ4v) is 0.878. The number of alkyl halides is 2. The quantitative estimate of drug-likeness (QED) is 0.696. The van der Waals surface area contributed by atoms with E-state index in [1.54, 1.807) is 0 Å². The first kappa shape index (κ1) is 8.83. The van der Waals surface area contributed by atoms with E-state index >= 15 is 0 Å². The molecular formula is C7H6F3NO. The first-order valence-electron chi connectivity index (χ1n) is 3.20. The molecule has 66 valence electrons. The topological polar surface area (TPSA) is 32.9 Å². The largest absolute Gasteiger partial charge is 0.326 e. The van der Waals surface area contributed by atoms with E-state index < -0.39 is 23.4 Å². The van der Waals surface area contributed by atoms with Crippen molar-refractivity contribution >= 4 is 0 Å². The highest BCUT2D eigenvalue weighted by molar-refractivity contribution is 5.24. The van der Waals surface area contributed by atoms with Gasteiger partial charge in [0.1, 0.15) is 0 Å². The molecule has 1 rings (SSSR count). The highest BCUT2D eigenvalue weighted by Gasteiger charge is 2.18. The van der Waals surface area contributed by atoms with Gasteiger partial charge in [0.15, 0.2) is 5.82 Å². The lowest BCUT2D eigenvalue weighted by Crippen LogP contribution is -2.14. The minimum absolute atomic E-state index is 0.0436. The van der Waals surface area contributed by atoms with Gasteiger partial charge in [0, 0.05) is 6.20 Å². The van der Waals surface area contributed by atoms with Crippen LogP contribution in [0.3, 0.4) is 0 Å². The Labute approximate surface area is 66.0 Å². The molecule has 0 amide bonds. The van der Waals surface area contributed by atoms with E-state index in [-0.39, 0.29) is 5.56 Å². The molecule has 0 saturated carbocycles. The molecule has 0 atom stereocenters. The summed E-state index contributed by atoms with van der Waals surface area (Å²) in [5.74, 6) is -1.40. The van der Waals surface area contributed by atoms with E-state index in [2.05, 4.69) is 0 Å². The first-order chi connectivity index (χ1) is 5.54. The summed E-state index contributed by atoms with van der Waals surface area (Å²) in [5.41, 5.74) is -1.89. The first-order valence-corrected chi connectivity index (χ1v) is 3.20. The summed E-state index contributed by atoms with van der Waals surface area (Å²) < 4.78 is 36.8. The van der Waals surface area contributed by atoms with Crippen LogP contribution in [0.25, 0.3) is 0 Å². The summed E-state index contributed by atoms with van der Waals surface area (Å²) in [6.07, 6.45) is -1.89. The van der Waals surface area contributed by atoms with E-state index in [0.29, 0.717) is 0 Å². The standard InChI is InChI=1S/C7H6F3NO/c1-3-2-11-7(12)5(8)4(3)6(9)10/h2,6H,1H3,(H,11,12). The van der Waals surface area contributed by atoms with Crippen LogP contribution in [0.5, 0.6) is 0 Å². The Bertz CT molecular complexity index is 345. The zero-order valence-electron chi connectivity index (χ0n) is 6.20. The fourth-order valence-electron chi connectivity index (χ4n) is 0.878. The molecule has 0 saturated heterocycles. The number of hydrogen-bond acceptors (Lipinski definition) is 1. The van der Waals surface area contributed by atoms with Gasteiger partial charge >= 0.3 is 0 Å². The molecule has 0 spiro atoms. The second-order valence-electron chi connectivity index (χ2n) is 2.33. The van der Waals surface area contributed by atoms with Crippen LogP contribution in [0, 0.1) is 12.7 Å². The Morgan fingerprint density at radius 3 is 2.50 bits per heavy atom. The van der Waals surface area contributed by atoms with E-state index in [1.165, 1.54) is 6.92 Å². The number of aryl methyl sites for hydroxylation is 1. The van der Waals surface area contributed by atoms with Crippen LogP contribution in [-0.2, 0) is 0 Å². The summed E-state index contributed by atoms with van der Waals surface area (Å²) in [6, 6.07) is 0. The highest BCUT2D eigenvalue weighted by atomic mass is 19.3. The van der Waals surface area contributed by atoms with Gasteiger partial charge in [-0.05, 0) is 12.5 Å². The third kappa shape index (κ3) is 1.34. The van der Waals surface area contributed by atoms with E-state index in [9.17, 15) is 18.0 Å².